The summed E-state index contributed by atoms with van der Waals surface area (Å²) in [5.41, 5.74) is 1.19. The zero-order valence-electron chi connectivity index (χ0n) is 9.58. The van der Waals surface area contributed by atoms with E-state index in [0.29, 0.717) is 0 Å². The van der Waals surface area contributed by atoms with Crippen molar-refractivity contribution in [2.45, 2.75) is 38.5 Å². The molecule has 1 aliphatic carbocycles. The van der Waals surface area contributed by atoms with E-state index in [1.807, 2.05) is 12.1 Å². The SMILES string of the molecule is OCC1(Cc2ccc(F)cc2)CCCCC1. The maximum Gasteiger partial charge on any atom is 0.123 e. The van der Waals surface area contributed by atoms with E-state index in [2.05, 4.69) is 0 Å². The van der Waals surface area contributed by atoms with Crippen molar-refractivity contribution in [3.05, 3.63) is 35.6 Å². The Hall–Kier alpha value is -0.890. The summed E-state index contributed by atoms with van der Waals surface area (Å²) < 4.78 is 12.8. The molecule has 0 radical (unpaired) electrons. The van der Waals surface area contributed by atoms with Gasteiger partial charge in [-0.3, -0.25) is 0 Å². The van der Waals surface area contributed by atoms with Gasteiger partial charge in [0.15, 0.2) is 0 Å². The van der Waals surface area contributed by atoms with E-state index in [4.69, 9.17) is 0 Å². The first-order chi connectivity index (χ1) is 7.74. The predicted molar refractivity (Wildman–Crippen MR) is 62.7 cm³/mol. The molecule has 0 aliphatic heterocycles. The highest BCUT2D eigenvalue weighted by Crippen LogP contribution is 2.38. The Labute approximate surface area is 96.3 Å². The van der Waals surface area contributed by atoms with E-state index in [0.717, 1.165) is 24.8 Å². The molecule has 1 fully saturated rings. The van der Waals surface area contributed by atoms with Gasteiger partial charge in [-0.1, -0.05) is 31.4 Å². The fourth-order valence-electron chi connectivity index (χ4n) is 2.73. The Kier molecular flexibility index (Phi) is 3.59. The van der Waals surface area contributed by atoms with Crippen LogP contribution in [0.4, 0.5) is 4.39 Å². The Bertz CT molecular complexity index is 325. The molecular weight excluding hydrogens is 203 g/mol. The number of hydrogen-bond donors (Lipinski definition) is 1. The van der Waals surface area contributed by atoms with Crippen LogP contribution in [0.2, 0.25) is 0 Å². The van der Waals surface area contributed by atoms with Crippen LogP contribution in [0.25, 0.3) is 0 Å². The van der Waals surface area contributed by atoms with E-state index in [9.17, 15) is 9.50 Å². The molecule has 0 amide bonds. The van der Waals surface area contributed by atoms with Crippen LogP contribution in [0.15, 0.2) is 24.3 Å². The van der Waals surface area contributed by atoms with Gasteiger partial charge in [0.25, 0.3) is 0 Å². The van der Waals surface area contributed by atoms with Gasteiger partial charge < -0.3 is 5.11 Å². The second kappa shape index (κ2) is 4.96. The fraction of sp³-hybridized carbons (Fsp3) is 0.571. The first kappa shape index (κ1) is 11.6. The van der Waals surface area contributed by atoms with Crippen LogP contribution in [-0.2, 0) is 6.42 Å². The highest BCUT2D eigenvalue weighted by Gasteiger charge is 2.31. The minimum Gasteiger partial charge on any atom is -0.396 e. The molecule has 16 heavy (non-hydrogen) atoms. The highest BCUT2D eigenvalue weighted by molar-refractivity contribution is 5.18. The zero-order valence-corrected chi connectivity index (χ0v) is 9.58. The number of benzene rings is 1. The van der Waals surface area contributed by atoms with E-state index < -0.39 is 0 Å². The minimum absolute atomic E-state index is 0.0517. The lowest BCUT2D eigenvalue weighted by atomic mass is 9.71. The Balaban J connectivity index is 2.08. The van der Waals surface area contributed by atoms with Gasteiger partial charge in [-0.25, -0.2) is 4.39 Å². The smallest absolute Gasteiger partial charge is 0.123 e. The Morgan fingerprint density at radius 2 is 1.69 bits per heavy atom. The third-order valence-electron chi connectivity index (χ3n) is 3.74. The third-order valence-corrected chi connectivity index (χ3v) is 3.74. The lowest BCUT2D eigenvalue weighted by Crippen LogP contribution is -2.30. The highest BCUT2D eigenvalue weighted by atomic mass is 19.1. The number of halogens is 1. The summed E-state index contributed by atoms with van der Waals surface area (Å²) in [7, 11) is 0. The van der Waals surface area contributed by atoms with Gasteiger partial charge in [0, 0.05) is 6.61 Å². The molecule has 2 heteroatoms. The molecule has 0 spiro atoms. The van der Waals surface area contributed by atoms with Crippen LogP contribution in [0, 0.1) is 11.2 Å². The molecule has 1 N–H and O–H groups in total. The van der Waals surface area contributed by atoms with Gasteiger partial charge in [-0.2, -0.15) is 0 Å². The fourth-order valence-corrected chi connectivity index (χ4v) is 2.73. The maximum absolute atomic E-state index is 12.8. The topological polar surface area (TPSA) is 20.2 Å². The summed E-state index contributed by atoms with van der Waals surface area (Å²) in [6.45, 7) is 0.254. The predicted octanol–water partition coefficient (Wildman–Crippen LogP) is 3.31. The van der Waals surface area contributed by atoms with Crippen molar-refractivity contribution in [1.82, 2.24) is 0 Å². The van der Waals surface area contributed by atoms with Crippen molar-refractivity contribution >= 4 is 0 Å². The number of rotatable bonds is 3. The van der Waals surface area contributed by atoms with Gasteiger partial charge in [0.1, 0.15) is 5.82 Å². The Morgan fingerprint density at radius 3 is 2.25 bits per heavy atom. The quantitative estimate of drug-likeness (QED) is 0.831. The van der Waals surface area contributed by atoms with Gasteiger partial charge in [-0.15, -0.1) is 0 Å². The average Bonchev–Trinajstić information content (AvgIpc) is 2.33. The summed E-state index contributed by atoms with van der Waals surface area (Å²) in [6.07, 6.45) is 6.78. The van der Waals surface area contributed by atoms with Crippen molar-refractivity contribution in [3.63, 3.8) is 0 Å². The van der Waals surface area contributed by atoms with Crippen LogP contribution in [0.5, 0.6) is 0 Å². The number of aliphatic hydroxyl groups is 1. The summed E-state index contributed by atoms with van der Waals surface area (Å²) >= 11 is 0. The average molecular weight is 222 g/mol. The molecule has 1 saturated carbocycles. The molecule has 0 unspecified atom stereocenters. The molecular formula is C14H19FO. The van der Waals surface area contributed by atoms with Crippen molar-refractivity contribution in [1.29, 1.82) is 0 Å². The van der Waals surface area contributed by atoms with Crippen molar-refractivity contribution in [3.8, 4) is 0 Å². The maximum atomic E-state index is 12.8. The number of hydrogen-bond acceptors (Lipinski definition) is 1. The summed E-state index contributed by atoms with van der Waals surface area (Å²) in [5, 5.41) is 9.58. The van der Waals surface area contributed by atoms with E-state index in [1.54, 1.807) is 0 Å². The zero-order chi connectivity index (χ0) is 11.4. The lowest BCUT2D eigenvalue weighted by Gasteiger charge is -2.35. The molecule has 1 aliphatic rings. The van der Waals surface area contributed by atoms with E-state index >= 15 is 0 Å². The van der Waals surface area contributed by atoms with Crippen LogP contribution in [0.3, 0.4) is 0 Å². The molecule has 0 saturated heterocycles. The molecule has 2 rings (SSSR count). The molecule has 1 aromatic rings. The van der Waals surface area contributed by atoms with E-state index in [1.165, 1.54) is 31.4 Å². The largest absolute Gasteiger partial charge is 0.396 e. The summed E-state index contributed by atoms with van der Waals surface area (Å²) in [4.78, 5) is 0. The molecule has 0 atom stereocenters. The van der Waals surface area contributed by atoms with Gasteiger partial charge in [-0.05, 0) is 42.4 Å². The lowest BCUT2D eigenvalue weighted by molar-refractivity contribution is 0.0823. The second-order valence-corrected chi connectivity index (χ2v) is 5.02. The van der Waals surface area contributed by atoms with Crippen LogP contribution in [0.1, 0.15) is 37.7 Å². The monoisotopic (exact) mass is 222 g/mol. The second-order valence-electron chi connectivity index (χ2n) is 5.02. The third kappa shape index (κ3) is 2.62. The van der Waals surface area contributed by atoms with Crippen LogP contribution < -0.4 is 0 Å². The van der Waals surface area contributed by atoms with Gasteiger partial charge in [0.05, 0.1) is 0 Å². The standard InChI is InChI=1S/C14H19FO/c15-13-6-4-12(5-7-13)10-14(11-16)8-2-1-3-9-14/h4-7,16H,1-3,8-11H2. The van der Waals surface area contributed by atoms with Gasteiger partial charge >= 0.3 is 0 Å². The first-order valence-electron chi connectivity index (χ1n) is 6.09. The van der Waals surface area contributed by atoms with E-state index in [-0.39, 0.29) is 17.8 Å². The Morgan fingerprint density at radius 1 is 1.06 bits per heavy atom. The molecule has 0 heterocycles. The molecule has 88 valence electrons. The molecule has 1 aromatic carbocycles. The summed E-state index contributed by atoms with van der Waals surface area (Å²) in [6, 6.07) is 6.68. The van der Waals surface area contributed by atoms with Gasteiger partial charge in [0.2, 0.25) is 0 Å². The molecule has 0 aromatic heterocycles. The van der Waals surface area contributed by atoms with Crippen molar-refractivity contribution < 1.29 is 9.50 Å². The minimum atomic E-state index is -0.189. The first-order valence-corrected chi connectivity index (χ1v) is 6.09. The van der Waals surface area contributed by atoms with Crippen molar-refractivity contribution in [2.24, 2.45) is 5.41 Å². The summed E-state index contributed by atoms with van der Waals surface area (Å²) in [5.74, 6) is -0.189. The number of aliphatic hydroxyl groups excluding tert-OH is 1. The van der Waals surface area contributed by atoms with Crippen LogP contribution in [-0.4, -0.2) is 11.7 Å². The van der Waals surface area contributed by atoms with Crippen molar-refractivity contribution in [2.75, 3.05) is 6.61 Å². The molecule has 0 bridgehead atoms. The van der Waals surface area contributed by atoms with Crippen LogP contribution >= 0.6 is 0 Å². The molecule has 1 nitrogen and oxygen atoms in total. The normalized spacial score (nSPS) is 19.6.